The summed E-state index contributed by atoms with van der Waals surface area (Å²) in [6.45, 7) is 4.73. The van der Waals surface area contributed by atoms with E-state index in [0.717, 1.165) is 26.2 Å². The Morgan fingerprint density at radius 3 is 2.44 bits per heavy atom. The lowest BCUT2D eigenvalue weighted by atomic mass is 10.0. The minimum Gasteiger partial charge on any atom is -0.479 e. The van der Waals surface area contributed by atoms with E-state index in [1.165, 1.54) is 0 Å². The number of aliphatic carboxylic acids is 1. The molecule has 5 nitrogen and oxygen atoms in total. The molecule has 0 radical (unpaired) electrons. The molecule has 0 bridgehead atoms. The number of aliphatic hydroxyl groups is 1. The molecule has 0 rings (SSSR count). The normalized spacial score (nSPS) is 16.2. The van der Waals surface area contributed by atoms with Gasteiger partial charge >= 0.3 is 5.97 Å². The summed E-state index contributed by atoms with van der Waals surface area (Å²) in [5, 5.41) is 20.5. The molecule has 0 aliphatic carbocycles. The van der Waals surface area contributed by atoms with Crippen molar-refractivity contribution >= 4 is 11.9 Å². The molecular weight excluding hydrogens is 210 g/mol. The summed E-state index contributed by atoms with van der Waals surface area (Å²) in [6, 6.07) is 0. The molecule has 94 valence electrons. The first-order valence-corrected chi connectivity index (χ1v) is 5.54. The summed E-state index contributed by atoms with van der Waals surface area (Å²) in [4.78, 5) is 22.1. The van der Waals surface area contributed by atoms with Gasteiger partial charge in [0.1, 0.15) is 0 Å². The number of amides is 1. The number of carboxylic acids is 1. The van der Waals surface area contributed by atoms with Crippen LogP contribution in [0.4, 0.5) is 0 Å². The maximum Gasteiger partial charge on any atom is 0.337 e. The minimum absolute atomic E-state index is 0.149. The highest BCUT2D eigenvalue weighted by molar-refractivity contribution is 5.81. The smallest absolute Gasteiger partial charge is 0.337 e. The van der Waals surface area contributed by atoms with E-state index in [4.69, 9.17) is 5.11 Å². The predicted molar refractivity (Wildman–Crippen MR) is 60.0 cm³/mol. The van der Waals surface area contributed by atoms with Crippen molar-refractivity contribution in [3.8, 4) is 0 Å². The molecule has 0 heterocycles. The molecule has 16 heavy (non-hydrogen) atoms. The van der Waals surface area contributed by atoms with Gasteiger partial charge in [-0.1, -0.05) is 26.7 Å². The van der Waals surface area contributed by atoms with Gasteiger partial charge < -0.3 is 15.5 Å². The van der Waals surface area contributed by atoms with Crippen molar-refractivity contribution in [2.24, 2.45) is 5.92 Å². The van der Waals surface area contributed by atoms with Gasteiger partial charge in [0.25, 0.3) is 0 Å². The van der Waals surface area contributed by atoms with Gasteiger partial charge in [0.05, 0.1) is 6.54 Å². The van der Waals surface area contributed by atoms with E-state index in [2.05, 4.69) is 5.32 Å². The second-order valence-corrected chi connectivity index (χ2v) is 4.34. The van der Waals surface area contributed by atoms with Gasteiger partial charge in [0, 0.05) is 5.92 Å². The monoisotopic (exact) mass is 231 g/mol. The van der Waals surface area contributed by atoms with Crippen molar-refractivity contribution in [3.05, 3.63) is 0 Å². The van der Waals surface area contributed by atoms with Gasteiger partial charge in [-0.25, -0.2) is 4.79 Å². The third kappa shape index (κ3) is 5.11. The molecule has 0 aromatic carbocycles. The van der Waals surface area contributed by atoms with Crippen LogP contribution in [0.3, 0.4) is 0 Å². The SMILES string of the molecule is CCCCC(C)C(=O)NCC(C)(O)C(=O)O. The van der Waals surface area contributed by atoms with E-state index < -0.39 is 11.6 Å². The molecule has 2 atom stereocenters. The van der Waals surface area contributed by atoms with Crippen molar-refractivity contribution in [1.29, 1.82) is 0 Å². The molecule has 0 aromatic heterocycles. The molecule has 1 amide bonds. The Kier molecular flexibility index (Phi) is 6.03. The number of unbranched alkanes of at least 4 members (excludes halogenated alkanes) is 1. The number of carboxylic acid groups (broad SMARTS) is 1. The zero-order valence-electron chi connectivity index (χ0n) is 10.1. The Bertz CT molecular complexity index is 250. The Labute approximate surface area is 95.9 Å². The third-order valence-electron chi connectivity index (χ3n) is 2.51. The topological polar surface area (TPSA) is 86.6 Å². The number of nitrogens with one attached hydrogen (secondary N) is 1. The molecule has 0 spiro atoms. The predicted octanol–water partition coefficient (Wildman–Crippen LogP) is 0.764. The maximum atomic E-state index is 11.5. The third-order valence-corrected chi connectivity index (χ3v) is 2.51. The van der Waals surface area contributed by atoms with Crippen molar-refractivity contribution in [1.82, 2.24) is 5.32 Å². The summed E-state index contributed by atoms with van der Waals surface area (Å²) in [7, 11) is 0. The summed E-state index contributed by atoms with van der Waals surface area (Å²) in [5.74, 6) is -1.70. The number of carbonyl (C=O) groups excluding carboxylic acids is 1. The highest BCUT2D eigenvalue weighted by Gasteiger charge is 2.30. The van der Waals surface area contributed by atoms with Crippen molar-refractivity contribution in [2.45, 2.75) is 45.6 Å². The molecule has 3 N–H and O–H groups in total. The first kappa shape index (κ1) is 14.9. The Hall–Kier alpha value is -1.10. The first-order chi connectivity index (χ1) is 7.31. The molecule has 2 unspecified atom stereocenters. The zero-order chi connectivity index (χ0) is 12.8. The van der Waals surface area contributed by atoms with Crippen LogP contribution < -0.4 is 5.32 Å². The van der Waals surface area contributed by atoms with Crippen LogP contribution >= 0.6 is 0 Å². The van der Waals surface area contributed by atoms with Crippen LogP contribution in [0.2, 0.25) is 0 Å². The fourth-order valence-electron chi connectivity index (χ4n) is 1.15. The Morgan fingerprint density at radius 2 is 2.00 bits per heavy atom. The van der Waals surface area contributed by atoms with Crippen LogP contribution in [0.5, 0.6) is 0 Å². The summed E-state index contributed by atoms with van der Waals surface area (Å²) in [5.41, 5.74) is -1.90. The van der Waals surface area contributed by atoms with Gasteiger partial charge in [-0.15, -0.1) is 0 Å². The van der Waals surface area contributed by atoms with E-state index in [1.807, 2.05) is 6.92 Å². The number of hydrogen-bond acceptors (Lipinski definition) is 3. The van der Waals surface area contributed by atoms with Crippen LogP contribution in [0.15, 0.2) is 0 Å². The number of hydrogen-bond donors (Lipinski definition) is 3. The average molecular weight is 231 g/mol. The van der Waals surface area contributed by atoms with Gasteiger partial charge in [0.15, 0.2) is 5.60 Å². The van der Waals surface area contributed by atoms with Crippen molar-refractivity contribution in [3.63, 3.8) is 0 Å². The molecule has 0 aromatic rings. The summed E-state index contributed by atoms with van der Waals surface area (Å²) < 4.78 is 0. The second kappa shape index (κ2) is 6.48. The van der Waals surface area contributed by atoms with Crippen LogP contribution in [0, 0.1) is 5.92 Å². The van der Waals surface area contributed by atoms with Crippen molar-refractivity contribution in [2.75, 3.05) is 6.54 Å². The standard InChI is InChI=1S/C11H21NO4/c1-4-5-6-8(2)9(13)12-7-11(3,16)10(14)15/h8,16H,4-7H2,1-3H3,(H,12,13)(H,14,15). The lowest BCUT2D eigenvalue weighted by molar-refractivity contribution is -0.156. The van der Waals surface area contributed by atoms with Gasteiger partial charge in [-0.2, -0.15) is 0 Å². The molecule has 5 heteroatoms. The van der Waals surface area contributed by atoms with E-state index >= 15 is 0 Å². The van der Waals surface area contributed by atoms with E-state index in [1.54, 1.807) is 6.92 Å². The van der Waals surface area contributed by atoms with Gasteiger partial charge in [-0.05, 0) is 13.3 Å². The minimum atomic E-state index is -1.90. The number of rotatable bonds is 7. The molecule has 0 saturated carbocycles. The Morgan fingerprint density at radius 1 is 1.44 bits per heavy atom. The first-order valence-electron chi connectivity index (χ1n) is 5.54. The largest absolute Gasteiger partial charge is 0.479 e. The van der Waals surface area contributed by atoms with Gasteiger partial charge in [-0.3, -0.25) is 4.79 Å². The molecule has 0 aliphatic rings. The summed E-state index contributed by atoms with van der Waals surface area (Å²) >= 11 is 0. The highest BCUT2D eigenvalue weighted by atomic mass is 16.4. The second-order valence-electron chi connectivity index (χ2n) is 4.34. The quantitative estimate of drug-likeness (QED) is 0.604. The fourth-order valence-corrected chi connectivity index (χ4v) is 1.15. The highest BCUT2D eigenvalue weighted by Crippen LogP contribution is 2.08. The van der Waals surface area contributed by atoms with Crippen LogP contribution in [0.25, 0.3) is 0 Å². The van der Waals surface area contributed by atoms with E-state index in [9.17, 15) is 14.7 Å². The Balaban J connectivity index is 4.02. The van der Waals surface area contributed by atoms with E-state index in [-0.39, 0.29) is 18.4 Å². The zero-order valence-corrected chi connectivity index (χ0v) is 10.1. The molecule has 0 aliphatic heterocycles. The lowest BCUT2D eigenvalue weighted by Crippen LogP contribution is -2.47. The van der Waals surface area contributed by atoms with Crippen molar-refractivity contribution < 1.29 is 19.8 Å². The average Bonchev–Trinajstić information content (AvgIpc) is 2.22. The number of carbonyl (C=O) groups is 2. The summed E-state index contributed by atoms with van der Waals surface area (Å²) in [6.07, 6.45) is 2.76. The van der Waals surface area contributed by atoms with E-state index in [0.29, 0.717) is 0 Å². The van der Waals surface area contributed by atoms with Gasteiger partial charge in [0.2, 0.25) is 5.91 Å². The van der Waals surface area contributed by atoms with Crippen LogP contribution in [-0.2, 0) is 9.59 Å². The lowest BCUT2D eigenvalue weighted by Gasteiger charge is -2.20. The maximum absolute atomic E-state index is 11.5. The van der Waals surface area contributed by atoms with Crippen LogP contribution in [-0.4, -0.2) is 34.2 Å². The molecule has 0 fully saturated rings. The molecular formula is C11H21NO4. The molecule has 0 saturated heterocycles. The fraction of sp³-hybridized carbons (Fsp3) is 0.818. The van der Waals surface area contributed by atoms with Crippen LogP contribution in [0.1, 0.15) is 40.0 Å².